The van der Waals surface area contributed by atoms with Gasteiger partial charge in [-0.15, -0.1) is 0 Å². The van der Waals surface area contributed by atoms with Crippen LogP contribution in [0.2, 0.25) is 0 Å². The molecule has 3 aliphatic rings. The molecule has 1 aliphatic heterocycles. The average molecular weight is 427 g/mol. The van der Waals surface area contributed by atoms with E-state index in [1.807, 2.05) is 37.3 Å². The van der Waals surface area contributed by atoms with Crippen LogP contribution in [-0.4, -0.2) is 26.4 Å². The van der Waals surface area contributed by atoms with E-state index in [-0.39, 0.29) is 41.5 Å². The van der Waals surface area contributed by atoms with E-state index in [0.717, 1.165) is 12.0 Å². The Hall–Kier alpha value is -0.680. The van der Waals surface area contributed by atoms with E-state index in [9.17, 15) is 9.59 Å². The number of halogens is 2. The predicted octanol–water partition coefficient (Wildman–Crippen LogP) is 3.53. The van der Waals surface area contributed by atoms with Gasteiger partial charge < -0.3 is 0 Å². The van der Waals surface area contributed by atoms with E-state index in [2.05, 4.69) is 31.9 Å². The summed E-state index contributed by atoms with van der Waals surface area (Å²) in [6, 6.07) is 9.62. The van der Waals surface area contributed by atoms with Crippen molar-refractivity contribution in [3.63, 3.8) is 0 Å². The number of carbonyl (C=O) groups is 2. The SMILES string of the molecule is C[C@H](c1ccccc1)N1C(=O)[C@@H]2[C@H]3C[C@@H]([C@H](Br)[C@@H]3Br)[C@@H]2C1=O. The Morgan fingerprint density at radius 3 is 2.00 bits per heavy atom. The van der Waals surface area contributed by atoms with E-state index < -0.39 is 0 Å². The molecule has 7 atom stereocenters. The summed E-state index contributed by atoms with van der Waals surface area (Å²) in [4.78, 5) is 28.0. The molecule has 0 spiro atoms. The Labute approximate surface area is 146 Å². The monoisotopic (exact) mass is 425 g/mol. The van der Waals surface area contributed by atoms with Crippen LogP contribution < -0.4 is 0 Å². The molecule has 3 fully saturated rings. The molecule has 1 heterocycles. The first-order valence-corrected chi connectivity index (χ1v) is 9.55. The highest BCUT2D eigenvalue weighted by atomic mass is 79.9. The third-order valence-electron chi connectivity index (χ3n) is 5.69. The van der Waals surface area contributed by atoms with Crippen molar-refractivity contribution < 1.29 is 9.59 Å². The molecule has 0 N–H and O–H groups in total. The maximum atomic E-state index is 12.9. The number of benzene rings is 1. The minimum Gasteiger partial charge on any atom is -0.275 e. The van der Waals surface area contributed by atoms with Crippen LogP contribution in [0, 0.1) is 23.7 Å². The maximum absolute atomic E-state index is 12.9. The Balaban J connectivity index is 1.67. The number of hydrogen-bond acceptors (Lipinski definition) is 2. The molecule has 0 aromatic heterocycles. The quantitative estimate of drug-likeness (QED) is 0.535. The zero-order chi connectivity index (χ0) is 15.6. The Morgan fingerprint density at radius 1 is 1.00 bits per heavy atom. The van der Waals surface area contributed by atoms with Crippen molar-refractivity contribution in [3.8, 4) is 0 Å². The fourth-order valence-electron chi connectivity index (χ4n) is 4.63. The summed E-state index contributed by atoms with van der Waals surface area (Å²) in [5, 5.41) is 0. The normalized spacial score (nSPS) is 41.1. The number of imide groups is 1. The molecular weight excluding hydrogens is 410 g/mol. The van der Waals surface area contributed by atoms with Gasteiger partial charge in [0.2, 0.25) is 11.8 Å². The lowest BCUT2D eigenvalue weighted by atomic mass is 9.81. The standard InChI is InChI=1S/C17H17Br2NO2/c1-8(9-5-3-2-4-6-9)20-16(21)12-10-7-11(13(12)17(20)22)15(19)14(10)18/h2-6,8,10-15H,7H2,1H3/t8-,10-,11-,12-,13+,14-,15+/m1/s1. The van der Waals surface area contributed by atoms with Crippen molar-refractivity contribution in [2.75, 3.05) is 0 Å². The summed E-state index contributed by atoms with van der Waals surface area (Å²) >= 11 is 7.44. The average Bonchev–Trinajstić information content (AvgIpc) is 3.13. The molecule has 2 aliphatic carbocycles. The van der Waals surface area contributed by atoms with Crippen molar-refractivity contribution in [2.45, 2.75) is 29.0 Å². The minimum atomic E-state index is -0.186. The summed E-state index contributed by atoms with van der Waals surface area (Å²) < 4.78 is 0. The lowest BCUT2D eigenvalue weighted by Gasteiger charge is -2.28. The van der Waals surface area contributed by atoms with Crippen LogP contribution in [0.3, 0.4) is 0 Å². The molecule has 3 nitrogen and oxygen atoms in total. The van der Waals surface area contributed by atoms with Gasteiger partial charge in [0.15, 0.2) is 0 Å². The maximum Gasteiger partial charge on any atom is 0.233 e. The topological polar surface area (TPSA) is 37.4 Å². The van der Waals surface area contributed by atoms with Gasteiger partial charge in [-0.3, -0.25) is 14.5 Å². The Morgan fingerprint density at radius 2 is 1.50 bits per heavy atom. The third kappa shape index (κ3) is 1.84. The van der Waals surface area contributed by atoms with Crippen LogP contribution in [0.4, 0.5) is 0 Å². The Bertz CT molecular complexity index is 603. The van der Waals surface area contributed by atoms with Gasteiger partial charge in [-0.1, -0.05) is 62.2 Å². The van der Waals surface area contributed by atoms with Crippen molar-refractivity contribution in [2.24, 2.45) is 23.7 Å². The highest BCUT2D eigenvalue weighted by Crippen LogP contribution is 2.60. The number of hydrogen-bond donors (Lipinski definition) is 0. The summed E-state index contributed by atoms with van der Waals surface area (Å²) in [6.07, 6.45) is 0.978. The molecule has 0 radical (unpaired) electrons. The third-order valence-corrected chi connectivity index (χ3v) is 8.90. The second-order valence-corrected chi connectivity index (χ2v) is 8.75. The molecule has 4 rings (SSSR count). The van der Waals surface area contributed by atoms with Gasteiger partial charge in [-0.05, 0) is 30.7 Å². The Kier molecular flexibility index (Phi) is 3.49. The van der Waals surface area contributed by atoms with Crippen LogP contribution >= 0.6 is 31.9 Å². The highest BCUT2D eigenvalue weighted by molar-refractivity contribution is 9.12. The number of rotatable bonds is 2. The molecule has 1 aromatic carbocycles. The van der Waals surface area contributed by atoms with E-state index in [0.29, 0.717) is 9.65 Å². The van der Waals surface area contributed by atoms with Crippen molar-refractivity contribution in [1.29, 1.82) is 0 Å². The number of alkyl halides is 2. The molecule has 2 saturated carbocycles. The molecule has 116 valence electrons. The number of fused-ring (bicyclic) bond motifs is 5. The molecule has 0 unspecified atom stereocenters. The van der Waals surface area contributed by atoms with Crippen molar-refractivity contribution in [1.82, 2.24) is 4.90 Å². The van der Waals surface area contributed by atoms with E-state index in [1.165, 1.54) is 4.90 Å². The van der Waals surface area contributed by atoms with Crippen LogP contribution in [0.25, 0.3) is 0 Å². The number of likely N-dealkylation sites (tertiary alicyclic amines) is 1. The molecule has 5 heteroatoms. The van der Waals surface area contributed by atoms with Crippen LogP contribution in [0.15, 0.2) is 30.3 Å². The zero-order valence-electron chi connectivity index (χ0n) is 12.2. The van der Waals surface area contributed by atoms with Gasteiger partial charge in [-0.2, -0.15) is 0 Å². The van der Waals surface area contributed by atoms with Crippen LogP contribution in [0.5, 0.6) is 0 Å². The molecular formula is C17H17Br2NO2. The summed E-state index contributed by atoms with van der Waals surface area (Å²) in [5.74, 6) is 0.377. The van der Waals surface area contributed by atoms with E-state index in [4.69, 9.17) is 0 Å². The van der Waals surface area contributed by atoms with Gasteiger partial charge >= 0.3 is 0 Å². The molecule has 2 bridgehead atoms. The highest BCUT2D eigenvalue weighted by Gasteiger charge is 2.66. The molecule has 1 saturated heterocycles. The fraction of sp³-hybridized carbons (Fsp3) is 0.529. The van der Waals surface area contributed by atoms with Gasteiger partial charge in [0.25, 0.3) is 0 Å². The summed E-state index contributed by atoms with van der Waals surface area (Å²) in [7, 11) is 0. The van der Waals surface area contributed by atoms with Gasteiger partial charge in [0, 0.05) is 9.65 Å². The predicted molar refractivity (Wildman–Crippen MR) is 90.7 cm³/mol. The summed E-state index contributed by atoms with van der Waals surface area (Å²) in [5.41, 5.74) is 1.02. The second kappa shape index (κ2) is 5.17. The largest absolute Gasteiger partial charge is 0.275 e. The number of carbonyl (C=O) groups excluding carboxylic acids is 2. The molecule has 22 heavy (non-hydrogen) atoms. The first-order valence-electron chi connectivity index (χ1n) is 7.72. The van der Waals surface area contributed by atoms with E-state index in [1.54, 1.807) is 0 Å². The van der Waals surface area contributed by atoms with E-state index >= 15 is 0 Å². The smallest absolute Gasteiger partial charge is 0.233 e. The van der Waals surface area contributed by atoms with Gasteiger partial charge in [0.1, 0.15) is 0 Å². The lowest BCUT2D eigenvalue weighted by Crippen LogP contribution is -2.37. The zero-order valence-corrected chi connectivity index (χ0v) is 15.3. The first kappa shape index (κ1) is 14.9. The molecule has 1 aromatic rings. The lowest BCUT2D eigenvalue weighted by molar-refractivity contribution is -0.143. The summed E-state index contributed by atoms with van der Waals surface area (Å²) in [6.45, 7) is 1.95. The van der Waals surface area contributed by atoms with Gasteiger partial charge in [0.05, 0.1) is 17.9 Å². The fourth-order valence-corrected chi connectivity index (χ4v) is 6.51. The molecule has 2 amide bonds. The van der Waals surface area contributed by atoms with Crippen molar-refractivity contribution in [3.05, 3.63) is 35.9 Å². The van der Waals surface area contributed by atoms with Crippen LogP contribution in [-0.2, 0) is 9.59 Å². The first-order chi connectivity index (χ1) is 10.5. The van der Waals surface area contributed by atoms with Crippen molar-refractivity contribution >= 4 is 43.7 Å². The minimum absolute atomic E-state index is 0.0303. The van der Waals surface area contributed by atoms with Crippen LogP contribution in [0.1, 0.15) is 24.9 Å². The second-order valence-electron chi connectivity index (χ2n) is 6.64. The van der Waals surface area contributed by atoms with Gasteiger partial charge in [-0.25, -0.2) is 0 Å². The number of amides is 2. The number of nitrogens with zero attached hydrogens (tertiary/aromatic N) is 1.